The number of amides is 3. The van der Waals surface area contributed by atoms with Crippen LogP contribution in [-0.4, -0.2) is 66.1 Å². The van der Waals surface area contributed by atoms with Crippen molar-refractivity contribution in [3.05, 3.63) is 41.6 Å². The predicted molar refractivity (Wildman–Crippen MR) is 118 cm³/mol. The summed E-state index contributed by atoms with van der Waals surface area (Å²) in [4.78, 5) is 48.2. The summed E-state index contributed by atoms with van der Waals surface area (Å²) in [6.45, 7) is -0.265. The van der Waals surface area contributed by atoms with E-state index < -0.39 is 11.9 Å². The first kappa shape index (κ1) is 22.3. The van der Waals surface area contributed by atoms with Crippen molar-refractivity contribution in [1.29, 1.82) is 0 Å². The number of carbonyl (C=O) groups excluding carboxylic acids is 3. The first-order valence-electron chi connectivity index (χ1n) is 10.7. The van der Waals surface area contributed by atoms with E-state index in [4.69, 9.17) is 4.74 Å². The molecule has 4 rings (SSSR count). The van der Waals surface area contributed by atoms with Gasteiger partial charge < -0.3 is 14.6 Å². The Bertz CT molecular complexity index is 1130. The Morgan fingerprint density at radius 1 is 1.21 bits per heavy atom. The molecule has 10 heteroatoms. The zero-order valence-corrected chi connectivity index (χ0v) is 18.4. The number of benzene rings is 1. The van der Waals surface area contributed by atoms with Crippen molar-refractivity contribution < 1.29 is 23.5 Å². The summed E-state index contributed by atoms with van der Waals surface area (Å²) in [7, 11) is 3.12. The third-order valence-corrected chi connectivity index (χ3v) is 5.57. The molecule has 33 heavy (non-hydrogen) atoms. The molecule has 0 atom stereocenters. The smallest absolute Gasteiger partial charge is 0.415 e. The fraction of sp³-hybridized carbons (Fsp3) is 0.391. The van der Waals surface area contributed by atoms with Crippen molar-refractivity contribution >= 4 is 29.9 Å². The number of rotatable bonds is 7. The van der Waals surface area contributed by atoms with Gasteiger partial charge in [0.05, 0.1) is 5.69 Å². The summed E-state index contributed by atoms with van der Waals surface area (Å²) in [6, 6.07) is 6.07. The van der Waals surface area contributed by atoms with Crippen molar-refractivity contribution in [2.75, 3.05) is 30.5 Å². The molecule has 2 aromatic rings. The number of carbonyl (C=O) groups is 3. The predicted octanol–water partition coefficient (Wildman–Crippen LogP) is 2.53. The number of H-pyrrole nitrogens is 1. The first-order chi connectivity index (χ1) is 15.9. The lowest BCUT2D eigenvalue weighted by atomic mass is 10.3. The van der Waals surface area contributed by atoms with E-state index >= 15 is 0 Å². The molecular formula is C23H24FN5O4. The molecule has 172 valence electrons. The third kappa shape index (κ3) is 4.98. The van der Waals surface area contributed by atoms with Crippen LogP contribution in [0.5, 0.6) is 0 Å². The second kappa shape index (κ2) is 9.32. The van der Waals surface area contributed by atoms with E-state index in [9.17, 15) is 18.8 Å². The number of hydrogen-bond donors (Lipinski definition) is 1. The van der Waals surface area contributed by atoms with Gasteiger partial charge in [-0.05, 0) is 43.7 Å². The zero-order chi connectivity index (χ0) is 23.5. The van der Waals surface area contributed by atoms with Gasteiger partial charge in [-0.2, -0.15) is 0 Å². The number of hydrogen-bond acceptors (Lipinski definition) is 5. The highest BCUT2D eigenvalue weighted by Crippen LogP contribution is 2.33. The Labute approximate surface area is 190 Å². The van der Waals surface area contributed by atoms with E-state index in [0.717, 1.165) is 30.6 Å². The van der Waals surface area contributed by atoms with Crippen molar-refractivity contribution in [3.63, 3.8) is 0 Å². The van der Waals surface area contributed by atoms with Crippen LogP contribution in [0, 0.1) is 17.7 Å². The Morgan fingerprint density at radius 2 is 1.91 bits per heavy atom. The highest BCUT2D eigenvalue weighted by atomic mass is 19.1. The van der Waals surface area contributed by atoms with Crippen molar-refractivity contribution in [3.8, 4) is 11.8 Å². The molecule has 2 aliphatic carbocycles. The molecule has 3 amide bonds. The highest BCUT2D eigenvalue weighted by Gasteiger charge is 2.37. The zero-order valence-electron chi connectivity index (χ0n) is 18.4. The van der Waals surface area contributed by atoms with Crippen LogP contribution in [0.25, 0.3) is 0 Å². The van der Waals surface area contributed by atoms with Crippen LogP contribution in [0.4, 0.5) is 20.7 Å². The van der Waals surface area contributed by atoms with E-state index in [2.05, 4.69) is 21.8 Å². The van der Waals surface area contributed by atoms with Gasteiger partial charge in [0, 0.05) is 26.2 Å². The van der Waals surface area contributed by atoms with Gasteiger partial charge in [0.1, 0.15) is 11.5 Å². The summed E-state index contributed by atoms with van der Waals surface area (Å²) in [5.74, 6) is 5.03. The van der Waals surface area contributed by atoms with E-state index in [1.807, 2.05) is 0 Å². The van der Waals surface area contributed by atoms with E-state index in [1.54, 1.807) is 18.0 Å². The normalized spacial score (nSPS) is 14.6. The summed E-state index contributed by atoms with van der Waals surface area (Å²) in [5, 5.41) is 0. The lowest BCUT2D eigenvalue weighted by Crippen LogP contribution is -2.32. The Morgan fingerprint density at radius 3 is 2.55 bits per heavy atom. The fourth-order valence-electron chi connectivity index (χ4n) is 3.36. The number of aromatic nitrogens is 2. The third-order valence-electron chi connectivity index (χ3n) is 5.57. The van der Waals surface area contributed by atoms with Gasteiger partial charge in [0.25, 0.3) is 5.91 Å². The summed E-state index contributed by atoms with van der Waals surface area (Å²) < 4.78 is 18.9. The van der Waals surface area contributed by atoms with Gasteiger partial charge >= 0.3 is 6.09 Å². The van der Waals surface area contributed by atoms with Crippen molar-refractivity contribution in [1.82, 2.24) is 14.9 Å². The summed E-state index contributed by atoms with van der Waals surface area (Å²) >= 11 is 0. The van der Waals surface area contributed by atoms with Gasteiger partial charge in [-0.15, -0.1) is 0 Å². The van der Waals surface area contributed by atoms with Crippen LogP contribution in [0.1, 0.15) is 42.0 Å². The van der Waals surface area contributed by atoms with Crippen molar-refractivity contribution in [2.45, 2.75) is 37.8 Å². The molecule has 1 aromatic heterocycles. The first-order valence-corrected chi connectivity index (χ1v) is 10.7. The molecule has 0 aliphatic heterocycles. The maximum atomic E-state index is 13.8. The monoisotopic (exact) mass is 453 g/mol. The minimum absolute atomic E-state index is 0.0271. The molecule has 0 saturated heterocycles. The number of nitrogens with zero attached hydrogens (tertiary/aromatic N) is 4. The van der Waals surface area contributed by atoms with Gasteiger partial charge in [0.15, 0.2) is 18.2 Å². The molecule has 9 nitrogen and oxygen atoms in total. The number of imidazole rings is 1. The van der Waals surface area contributed by atoms with Gasteiger partial charge in [0.2, 0.25) is 6.41 Å². The molecule has 0 unspecified atom stereocenters. The lowest BCUT2D eigenvalue weighted by molar-refractivity contribution is -0.107. The average molecular weight is 453 g/mol. The van der Waals surface area contributed by atoms with Gasteiger partial charge in [-0.25, -0.2) is 14.2 Å². The lowest BCUT2D eigenvalue weighted by Gasteiger charge is -2.19. The van der Waals surface area contributed by atoms with Crippen LogP contribution in [0.2, 0.25) is 0 Å². The fourth-order valence-corrected chi connectivity index (χ4v) is 3.36. The number of aromatic amines is 1. The molecule has 0 radical (unpaired) electrons. The molecule has 1 aromatic carbocycles. The maximum Gasteiger partial charge on any atom is 0.415 e. The SMILES string of the molecule is CN(C(=O)OCC#Cc1nc(N(C=O)C2CC2)c(C(=O)N(C)C2CC2)[nH]1)c1ccccc1F. The van der Waals surface area contributed by atoms with Gasteiger partial charge in [-0.3, -0.25) is 19.4 Å². The van der Waals surface area contributed by atoms with Crippen LogP contribution in [-0.2, 0) is 9.53 Å². The van der Waals surface area contributed by atoms with Crippen LogP contribution < -0.4 is 9.80 Å². The maximum absolute atomic E-state index is 13.8. The number of ether oxygens (including phenoxy) is 1. The Kier molecular flexibility index (Phi) is 6.31. The number of para-hydroxylation sites is 1. The molecule has 2 saturated carbocycles. The van der Waals surface area contributed by atoms with E-state index in [1.165, 1.54) is 30.1 Å². The minimum atomic E-state index is -0.766. The summed E-state index contributed by atoms with van der Waals surface area (Å²) in [6.07, 6.45) is 3.52. The largest absolute Gasteiger partial charge is 0.436 e. The van der Waals surface area contributed by atoms with Crippen LogP contribution in [0.3, 0.4) is 0 Å². The Hall–Kier alpha value is -3.87. The number of nitrogens with one attached hydrogen (secondary N) is 1. The van der Waals surface area contributed by atoms with Gasteiger partial charge in [-0.1, -0.05) is 18.1 Å². The number of halogens is 1. The molecule has 2 fully saturated rings. The second-order valence-electron chi connectivity index (χ2n) is 8.04. The van der Waals surface area contributed by atoms with E-state index in [-0.39, 0.29) is 47.6 Å². The standard InChI is InChI=1S/C23H24FN5O4/c1-27(15-9-10-15)22(31)20-21(29(14-30)16-11-12-16)26-19(25-20)8-5-13-33-23(32)28(2)18-7-4-3-6-17(18)24/h3-4,6-7,14-16H,9-13H2,1-2H3,(H,25,26). The van der Waals surface area contributed by atoms with Crippen molar-refractivity contribution in [2.24, 2.45) is 0 Å². The van der Waals surface area contributed by atoms with Crippen LogP contribution >= 0.6 is 0 Å². The second-order valence-corrected chi connectivity index (χ2v) is 8.04. The topological polar surface area (TPSA) is 98.8 Å². The van der Waals surface area contributed by atoms with Crippen LogP contribution in [0.15, 0.2) is 24.3 Å². The molecule has 1 heterocycles. The molecule has 0 spiro atoms. The highest BCUT2D eigenvalue weighted by molar-refractivity contribution is 5.99. The molecule has 0 bridgehead atoms. The molecule has 1 N–H and O–H groups in total. The molecular weight excluding hydrogens is 429 g/mol. The minimum Gasteiger partial charge on any atom is -0.436 e. The quantitative estimate of drug-likeness (QED) is 0.513. The Balaban J connectivity index is 1.46. The average Bonchev–Trinajstić information content (AvgIpc) is 3.74. The molecule has 2 aliphatic rings. The summed E-state index contributed by atoms with van der Waals surface area (Å²) in [5.41, 5.74) is 0.298. The van der Waals surface area contributed by atoms with E-state index in [0.29, 0.717) is 6.41 Å². The number of anilines is 2.